The monoisotopic (exact) mass is 528 g/mol. The molecule has 2 atom stereocenters. The van der Waals surface area contributed by atoms with E-state index in [2.05, 4.69) is 10.2 Å². The molecule has 0 aliphatic carbocycles. The summed E-state index contributed by atoms with van der Waals surface area (Å²) in [4.78, 5) is 44.3. The van der Waals surface area contributed by atoms with E-state index in [-0.39, 0.29) is 36.7 Å². The van der Waals surface area contributed by atoms with E-state index < -0.39 is 17.8 Å². The molecule has 37 heavy (non-hydrogen) atoms. The Balaban J connectivity index is 1.62. The van der Waals surface area contributed by atoms with Crippen LogP contribution in [0.15, 0.2) is 59.8 Å². The fourth-order valence-corrected chi connectivity index (χ4v) is 5.06. The van der Waals surface area contributed by atoms with Gasteiger partial charge in [-0.3, -0.25) is 14.6 Å². The Morgan fingerprint density at radius 2 is 1.84 bits per heavy atom. The van der Waals surface area contributed by atoms with Crippen molar-refractivity contribution in [3.05, 3.63) is 81.8 Å². The second-order valence-corrected chi connectivity index (χ2v) is 9.51. The summed E-state index contributed by atoms with van der Waals surface area (Å²) in [5.74, 6) is -1.44. The molecule has 0 saturated carbocycles. The second kappa shape index (κ2) is 11.3. The summed E-state index contributed by atoms with van der Waals surface area (Å²) >= 11 is 6.44. The fourth-order valence-electron chi connectivity index (χ4n) is 4.82. The number of carbonyl (C=O) groups is 3. The van der Waals surface area contributed by atoms with Crippen LogP contribution in [0.3, 0.4) is 0 Å². The standard InChI is InChI=1S/C27H30ClFN4O4/c1-4-37-26(35)23-22(31(3)27(36)30-24(23)18-9-5-7-11-20(18)28)16-32-13-14-33(17(2)15-32)25(34)19-10-6-8-12-21(19)29/h5-12,17,24H,4,13-16H2,1-3H3,(H,30,36). The van der Waals surface area contributed by atoms with Gasteiger partial charge in [-0.1, -0.05) is 41.9 Å². The van der Waals surface area contributed by atoms with Gasteiger partial charge in [0.05, 0.1) is 23.8 Å². The summed E-state index contributed by atoms with van der Waals surface area (Å²) in [5.41, 5.74) is 1.46. The number of likely N-dealkylation sites (N-methyl/N-ethyl adjacent to an activating group) is 1. The van der Waals surface area contributed by atoms with Gasteiger partial charge >= 0.3 is 12.0 Å². The minimum Gasteiger partial charge on any atom is -0.463 e. The number of hydrogen-bond acceptors (Lipinski definition) is 5. The molecule has 2 aromatic carbocycles. The molecule has 2 unspecified atom stereocenters. The van der Waals surface area contributed by atoms with Gasteiger partial charge in [0, 0.05) is 50.0 Å². The van der Waals surface area contributed by atoms with Crippen molar-refractivity contribution < 1.29 is 23.5 Å². The number of halogens is 2. The SMILES string of the molecule is CCOC(=O)C1=C(CN2CCN(C(=O)c3ccccc3F)C(C)C2)N(C)C(=O)NC1c1ccccc1Cl. The van der Waals surface area contributed by atoms with Crippen molar-refractivity contribution >= 4 is 29.5 Å². The lowest BCUT2D eigenvalue weighted by Crippen LogP contribution is -2.56. The van der Waals surface area contributed by atoms with Gasteiger partial charge in [-0.15, -0.1) is 0 Å². The van der Waals surface area contributed by atoms with E-state index in [1.54, 1.807) is 55.3 Å². The summed E-state index contributed by atoms with van der Waals surface area (Å²) in [5, 5.41) is 3.29. The highest BCUT2D eigenvalue weighted by Crippen LogP contribution is 2.35. The van der Waals surface area contributed by atoms with E-state index in [4.69, 9.17) is 16.3 Å². The van der Waals surface area contributed by atoms with Crippen LogP contribution in [0.2, 0.25) is 5.02 Å². The van der Waals surface area contributed by atoms with Crippen molar-refractivity contribution in [1.29, 1.82) is 0 Å². The number of amides is 3. The molecular formula is C27H30ClFN4O4. The molecule has 0 aromatic heterocycles. The van der Waals surface area contributed by atoms with Crippen LogP contribution in [0, 0.1) is 5.82 Å². The van der Waals surface area contributed by atoms with Gasteiger partial charge in [0.15, 0.2) is 0 Å². The lowest BCUT2D eigenvalue weighted by Gasteiger charge is -2.42. The maximum Gasteiger partial charge on any atom is 0.338 e. The van der Waals surface area contributed by atoms with E-state index >= 15 is 0 Å². The zero-order valence-corrected chi connectivity index (χ0v) is 21.8. The van der Waals surface area contributed by atoms with Crippen molar-refractivity contribution in [2.24, 2.45) is 0 Å². The minimum atomic E-state index is -0.771. The van der Waals surface area contributed by atoms with Gasteiger partial charge < -0.3 is 15.0 Å². The van der Waals surface area contributed by atoms with Crippen molar-refractivity contribution in [3.8, 4) is 0 Å². The van der Waals surface area contributed by atoms with Crippen LogP contribution in [0.5, 0.6) is 0 Å². The number of nitrogens with zero attached hydrogens (tertiary/aromatic N) is 3. The van der Waals surface area contributed by atoms with E-state index in [9.17, 15) is 18.8 Å². The van der Waals surface area contributed by atoms with Crippen LogP contribution in [0.1, 0.15) is 35.8 Å². The molecule has 2 heterocycles. The van der Waals surface area contributed by atoms with Crippen LogP contribution >= 0.6 is 11.6 Å². The first-order valence-electron chi connectivity index (χ1n) is 12.2. The highest BCUT2D eigenvalue weighted by atomic mass is 35.5. The molecule has 0 spiro atoms. The summed E-state index contributed by atoms with van der Waals surface area (Å²) in [6.45, 7) is 5.42. The zero-order valence-electron chi connectivity index (χ0n) is 21.0. The number of esters is 1. The van der Waals surface area contributed by atoms with Crippen molar-refractivity contribution in [2.75, 3.05) is 39.8 Å². The Morgan fingerprint density at radius 1 is 1.14 bits per heavy atom. The van der Waals surface area contributed by atoms with E-state index in [1.165, 1.54) is 17.0 Å². The quantitative estimate of drug-likeness (QED) is 0.576. The van der Waals surface area contributed by atoms with Crippen molar-refractivity contribution in [2.45, 2.75) is 25.9 Å². The average Bonchev–Trinajstić information content (AvgIpc) is 2.87. The van der Waals surface area contributed by atoms with Gasteiger partial charge in [-0.2, -0.15) is 0 Å². The minimum absolute atomic E-state index is 0.0429. The van der Waals surface area contributed by atoms with E-state index in [1.807, 2.05) is 6.92 Å². The third-order valence-electron chi connectivity index (χ3n) is 6.74. The molecule has 1 N–H and O–H groups in total. The molecule has 0 bridgehead atoms. The van der Waals surface area contributed by atoms with Gasteiger partial charge in [-0.05, 0) is 37.6 Å². The van der Waals surface area contributed by atoms with Crippen molar-refractivity contribution in [1.82, 2.24) is 20.0 Å². The Labute approximate surface area is 220 Å². The Bertz CT molecular complexity index is 1240. The smallest absolute Gasteiger partial charge is 0.338 e. The molecule has 10 heteroatoms. The molecule has 1 saturated heterocycles. The first-order valence-corrected chi connectivity index (χ1v) is 12.6. The third-order valence-corrected chi connectivity index (χ3v) is 7.08. The molecule has 2 aromatic rings. The van der Waals surface area contributed by atoms with Gasteiger partial charge in [0.2, 0.25) is 0 Å². The maximum atomic E-state index is 14.2. The average molecular weight is 529 g/mol. The Hall–Kier alpha value is -3.43. The number of benzene rings is 2. The number of piperazine rings is 1. The molecule has 4 rings (SSSR count). The third kappa shape index (κ3) is 5.47. The number of urea groups is 1. The van der Waals surface area contributed by atoms with Crippen LogP contribution in [0.25, 0.3) is 0 Å². The van der Waals surface area contributed by atoms with Gasteiger partial charge in [0.25, 0.3) is 5.91 Å². The Kier molecular flexibility index (Phi) is 8.14. The molecule has 8 nitrogen and oxygen atoms in total. The molecule has 2 aliphatic heterocycles. The molecular weight excluding hydrogens is 499 g/mol. The number of ether oxygens (including phenoxy) is 1. The number of nitrogens with one attached hydrogen (secondary N) is 1. The van der Waals surface area contributed by atoms with Crippen LogP contribution in [-0.4, -0.2) is 78.5 Å². The molecule has 3 amide bonds. The van der Waals surface area contributed by atoms with Gasteiger partial charge in [-0.25, -0.2) is 14.0 Å². The van der Waals surface area contributed by atoms with E-state index in [0.717, 1.165) is 0 Å². The fraction of sp³-hybridized carbons (Fsp3) is 0.370. The normalized spacial score (nSPS) is 20.6. The largest absolute Gasteiger partial charge is 0.463 e. The molecule has 2 aliphatic rings. The predicted molar refractivity (Wildman–Crippen MR) is 137 cm³/mol. The van der Waals surface area contributed by atoms with E-state index in [0.29, 0.717) is 41.5 Å². The predicted octanol–water partition coefficient (Wildman–Crippen LogP) is 3.84. The molecule has 1 fully saturated rings. The summed E-state index contributed by atoms with van der Waals surface area (Å²) in [6.07, 6.45) is 0. The first-order chi connectivity index (χ1) is 17.7. The highest BCUT2D eigenvalue weighted by molar-refractivity contribution is 6.31. The second-order valence-electron chi connectivity index (χ2n) is 9.11. The molecule has 196 valence electrons. The lowest BCUT2D eigenvalue weighted by atomic mass is 9.94. The van der Waals surface area contributed by atoms with Crippen LogP contribution in [-0.2, 0) is 9.53 Å². The summed E-state index contributed by atoms with van der Waals surface area (Å²) in [7, 11) is 1.61. The zero-order chi connectivity index (χ0) is 26.7. The number of rotatable bonds is 6. The van der Waals surface area contributed by atoms with Crippen molar-refractivity contribution in [3.63, 3.8) is 0 Å². The number of carbonyl (C=O) groups excluding carboxylic acids is 3. The lowest BCUT2D eigenvalue weighted by molar-refractivity contribution is -0.139. The molecule has 0 radical (unpaired) electrons. The Morgan fingerprint density at radius 3 is 2.51 bits per heavy atom. The van der Waals surface area contributed by atoms with Crippen LogP contribution < -0.4 is 5.32 Å². The summed E-state index contributed by atoms with van der Waals surface area (Å²) in [6, 6.07) is 11.6. The topological polar surface area (TPSA) is 82.2 Å². The van der Waals surface area contributed by atoms with Crippen LogP contribution in [0.4, 0.5) is 9.18 Å². The first kappa shape index (κ1) is 26.6. The number of hydrogen-bond donors (Lipinski definition) is 1. The maximum absolute atomic E-state index is 14.2. The van der Waals surface area contributed by atoms with Gasteiger partial charge in [0.1, 0.15) is 5.82 Å². The highest BCUT2D eigenvalue weighted by Gasteiger charge is 2.39. The summed E-state index contributed by atoms with van der Waals surface area (Å²) < 4.78 is 19.6.